The van der Waals surface area contributed by atoms with Crippen LogP contribution < -0.4 is 5.32 Å². The number of benzene rings is 2. The average molecular weight is 349 g/mol. The largest absolute Gasteiger partial charge is 0.467 e. The molecular formula is C21H19NO4. The van der Waals surface area contributed by atoms with Gasteiger partial charge < -0.3 is 10.1 Å². The number of ether oxygens (including phenoxy) is 1. The Bertz CT molecular complexity index is 845. The molecule has 0 fully saturated rings. The van der Waals surface area contributed by atoms with Crippen molar-refractivity contribution >= 4 is 17.7 Å². The lowest BCUT2D eigenvalue weighted by atomic mass is 9.72. The summed E-state index contributed by atoms with van der Waals surface area (Å²) >= 11 is 0. The highest BCUT2D eigenvalue weighted by Gasteiger charge is 2.49. The van der Waals surface area contributed by atoms with Gasteiger partial charge in [-0.1, -0.05) is 48.5 Å². The van der Waals surface area contributed by atoms with Crippen LogP contribution in [0.25, 0.3) is 0 Å². The van der Waals surface area contributed by atoms with Gasteiger partial charge in [0.15, 0.2) is 11.3 Å². The SMILES string of the molecule is COC(=O)[C@]1(NC(=O)c2ccccc2)C=CC(=O)C[C@H]1c1ccccc1. The number of rotatable bonds is 4. The minimum atomic E-state index is -1.45. The van der Waals surface area contributed by atoms with Gasteiger partial charge in [0.05, 0.1) is 7.11 Å². The van der Waals surface area contributed by atoms with Crippen molar-refractivity contribution < 1.29 is 19.1 Å². The van der Waals surface area contributed by atoms with Gasteiger partial charge >= 0.3 is 5.97 Å². The normalized spacial score (nSPS) is 21.9. The lowest BCUT2D eigenvalue weighted by molar-refractivity contribution is -0.147. The van der Waals surface area contributed by atoms with Gasteiger partial charge in [0, 0.05) is 17.9 Å². The van der Waals surface area contributed by atoms with Crippen LogP contribution in [0.5, 0.6) is 0 Å². The maximum absolute atomic E-state index is 12.8. The fraction of sp³-hybridized carbons (Fsp3) is 0.190. The van der Waals surface area contributed by atoms with Crippen LogP contribution in [0.4, 0.5) is 0 Å². The minimum absolute atomic E-state index is 0.102. The monoisotopic (exact) mass is 349 g/mol. The smallest absolute Gasteiger partial charge is 0.336 e. The van der Waals surface area contributed by atoms with Gasteiger partial charge in [0.2, 0.25) is 0 Å². The predicted molar refractivity (Wildman–Crippen MR) is 96.6 cm³/mol. The maximum Gasteiger partial charge on any atom is 0.336 e. The van der Waals surface area contributed by atoms with Gasteiger partial charge in [-0.05, 0) is 29.8 Å². The summed E-state index contributed by atoms with van der Waals surface area (Å²) in [6.07, 6.45) is 2.88. The third-order valence-electron chi connectivity index (χ3n) is 4.57. The fourth-order valence-electron chi connectivity index (χ4n) is 3.25. The van der Waals surface area contributed by atoms with E-state index in [4.69, 9.17) is 4.74 Å². The van der Waals surface area contributed by atoms with Gasteiger partial charge in [-0.2, -0.15) is 0 Å². The Labute approximate surface area is 151 Å². The number of hydrogen-bond acceptors (Lipinski definition) is 4. The third-order valence-corrected chi connectivity index (χ3v) is 4.57. The number of hydrogen-bond donors (Lipinski definition) is 1. The molecule has 26 heavy (non-hydrogen) atoms. The van der Waals surface area contributed by atoms with E-state index in [0.717, 1.165) is 5.56 Å². The zero-order chi connectivity index (χ0) is 18.6. The Morgan fingerprint density at radius 3 is 2.27 bits per heavy atom. The van der Waals surface area contributed by atoms with Crippen molar-refractivity contribution in [2.24, 2.45) is 0 Å². The number of amides is 1. The molecule has 1 amide bonds. The molecule has 0 radical (unpaired) electrons. The summed E-state index contributed by atoms with van der Waals surface area (Å²) in [5, 5.41) is 2.82. The first-order valence-corrected chi connectivity index (χ1v) is 8.30. The van der Waals surface area contributed by atoms with E-state index in [2.05, 4.69) is 5.32 Å². The van der Waals surface area contributed by atoms with Crippen LogP contribution in [0.1, 0.15) is 28.3 Å². The molecule has 1 N–H and O–H groups in total. The zero-order valence-electron chi connectivity index (χ0n) is 14.3. The molecule has 0 aliphatic heterocycles. The molecule has 0 saturated carbocycles. The summed E-state index contributed by atoms with van der Waals surface area (Å²) in [6.45, 7) is 0. The summed E-state index contributed by atoms with van der Waals surface area (Å²) in [6, 6.07) is 17.8. The van der Waals surface area contributed by atoms with E-state index in [0.29, 0.717) is 5.56 Å². The van der Waals surface area contributed by atoms with Gasteiger partial charge in [-0.15, -0.1) is 0 Å². The molecule has 2 atom stereocenters. The van der Waals surface area contributed by atoms with Crippen molar-refractivity contribution in [3.63, 3.8) is 0 Å². The summed E-state index contributed by atoms with van der Waals surface area (Å²) < 4.78 is 5.00. The number of ketones is 1. The summed E-state index contributed by atoms with van der Waals surface area (Å²) in [5.74, 6) is -1.68. The molecule has 132 valence electrons. The lowest BCUT2D eigenvalue weighted by Gasteiger charge is -2.38. The molecule has 1 aliphatic rings. The molecule has 2 aromatic rings. The van der Waals surface area contributed by atoms with E-state index in [9.17, 15) is 14.4 Å². The minimum Gasteiger partial charge on any atom is -0.467 e. The van der Waals surface area contributed by atoms with E-state index in [1.807, 2.05) is 30.3 Å². The molecule has 5 nitrogen and oxygen atoms in total. The second-order valence-corrected chi connectivity index (χ2v) is 6.15. The molecule has 0 aromatic heterocycles. The lowest BCUT2D eigenvalue weighted by Crippen LogP contribution is -2.59. The summed E-state index contributed by atoms with van der Waals surface area (Å²) in [4.78, 5) is 37.6. The summed E-state index contributed by atoms with van der Waals surface area (Å²) in [5.41, 5.74) is -0.242. The van der Waals surface area contributed by atoms with Crippen molar-refractivity contribution in [1.82, 2.24) is 5.32 Å². The Kier molecular flexibility index (Phi) is 4.98. The quantitative estimate of drug-likeness (QED) is 0.862. The van der Waals surface area contributed by atoms with Crippen molar-refractivity contribution in [3.05, 3.63) is 83.9 Å². The van der Waals surface area contributed by atoms with Crippen LogP contribution >= 0.6 is 0 Å². The standard InChI is InChI=1S/C21H19NO4/c1-26-20(25)21(22-19(24)16-10-6-3-7-11-16)13-12-17(23)14-18(21)15-8-4-2-5-9-15/h2-13,18H,14H2,1H3,(H,22,24)/t18-,21-/m0/s1. The second kappa shape index (κ2) is 7.35. The number of nitrogens with one attached hydrogen (secondary N) is 1. The molecule has 0 heterocycles. The van der Waals surface area contributed by atoms with Crippen LogP contribution in [-0.2, 0) is 14.3 Å². The van der Waals surface area contributed by atoms with E-state index < -0.39 is 23.3 Å². The Hall–Kier alpha value is -3.21. The zero-order valence-corrected chi connectivity index (χ0v) is 14.3. The Morgan fingerprint density at radius 1 is 1.04 bits per heavy atom. The van der Waals surface area contributed by atoms with Gasteiger partial charge in [0.1, 0.15) is 0 Å². The highest BCUT2D eigenvalue weighted by molar-refractivity contribution is 6.02. The highest BCUT2D eigenvalue weighted by atomic mass is 16.5. The Balaban J connectivity index is 2.07. The second-order valence-electron chi connectivity index (χ2n) is 6.15. The van der Waals surface area contributed by atoms with E-state index in [1.54, 1.807) is 30.3 Å². The maximum atomic E-state index is 12.8. The molecule has 0 bridgehead atoms. The summed E-state index contributed by atoms with van der Waals surface area (Å²) in [7, 11) is 1.27. The van der Waals surface area contributed by atoms with E-state index in [1.165, 1.54) is 19.3 Å². The molecule has 5 heteroatoms. The number of methoxy groups -OCH3 is 1. The van der Waals surface area contributed by atoms with E-state index >= 15 is 0 Å². The molecular weight excluding hydrogens is 330 g/mol. The van der Waals surface area contributed by atoms with E-state index in [-0.39, 0.29) is 12.2 Å². The highest BCUT2D eigenvalue weighted by Crippen LogP contribution is 2.37. The third kappa shape index (κ3) is 3.28. The van der Waals surface area contributed by atoms with Crippen molar-refractivity contribution in [2.45, 2.75) is 17.9 Å². The molecule has 0 saturated heterocycles. The van der Waals surface area contributed by atoms with Crippen LogP contribution in [0.15, 0.2) is 72.8 Å². The van der Waals surface area contributed by atoms with Gasteiger partial charge in [0.25, 0.3) is 5.91 Å². The van der Waals surface area contributed by atoms with Crippen LogP contribution in [-0.4, -0.2) is 30.3 Å². The van der Waals surface area contributed by atoms with Crippen molar-refractivity contribution in [2.75, 3.05) is 7.11 Å². The molecule has 0 spiro atoms. The number of carbonyl (C=O) groups excluding carboxylic acids is 3. The van der Waals surface area contributed by atoms with Gasteiger partial charge in [-0.25, -0.2) is 4.79 Å². The van der Waals surface area contributed by atoms with Crippen LogP contribution in [0.2, 0.25) is 0 Å². The van der Waals surface area contributed by atoms with Crippen molar-refractivity contribution in [3.8, 4) is 0 Å². The number of esters is 1. The Morgan fingerprint density at radius 2 is 1.65 bits per heavy atom. The number of allylic oxidation sites excluding steroid dienone is 1. The molecule has 2 aromatic carbocycles. The first kappa shape index (κ1) is 17.6. The first-order chi connectivity index (χ1) is 12.6. The average Bonchev–Trinajstić information content (AvgIpc) is 2.70. The predicted octanol–water partition coefficient (Wildman–Crippen LogP) is 2.64. The molecule has 3 rings (SSSR count). The fourth-order valence-corrected chi connectivity index (χ4v) is 3.25. The molecule has 1 aliphatic carbocycles. The molecule has 0 unspecified atom stereocenters. The van der Waals surface area contributed by atoms with Crippen molar-refractivity contribution in [1.29, 1.82) is 0 Å². The van der Waals surface area contributed by atoms with Crippen LogP contribution in [0, 0.1) is 0 Å². The van der Waals surface area contributed by atoms with Crippen LogP contribution in [0.3, 0.4) is 0 Å². The first-order valence-electron chi connectivity index (χ1n) is 8.30. The van der Waals surface area contributed by atoms with Gasteiger partial charge in [-0.3, -0.25) is 9.59 Å². The topological polar surface area (TPSA) is 72.5 Å². The number of carbonyl (C=O) groups is 3.